The van der Waals surface area contributed by atoms with Crippen molar-refractivity contribution in [3.63, 3.8) is 0 Å². The van der Waals surface area contributed by atoms with Crippen molar-refractivity contribution < 1.29 is 38.2 Å². The summed E-state index contributed by atoms with van der Waals surface area (Å²) in [4.78, 5) is 79.9. The van der Waals surface area contributed by atoms with Gasteiger partial charge in [0, 0.05) is 32.6 Å². The summed E-state index contributed by atoms with van der Waals surface area (Å²) in [5.41, 5.74) is -0.329. The van der Waals surface area contributed by atoms with Gasteiger partial charge in [-0.25, -0.2) is 4.79 Å². The fourth-order valence-corrected chi connectivity index (χ4v) is 6.06. The van der Waals surface area contributed by atoms with Gasteiger partial charge in [-0.3, -0.25) is 34.2 Å². The molecule has 1 spiro atoms. The molecule has 3 saturated heterocycles. The summed E-state index contributed by atoms with van der Waals surface area (Å²) < 4.78 is 11.3. The monoisotopic (exact) mass is 568 g/mol. The lowest BCUT2D eigenvalue weighted by Gasteiger charge is -2.46. The van der Waals surface area contributed by atoms with Crippen LogP contribution in [0.1, 0.15) is 80.0 Å². The van der Waals surface area contributed by atoms with Crippen molar-refractivity contribution in [1.29, 1.82) is 0 Å². The zero-order chi connectivity index (χ0) is 29.5. The average molecular weight is 569 g/mol. The number of hydrogen-bond donors (Lipinski definition) is 1. The van der Waals surface area contributed by atoms with Gasteiger partial charge in [0.2, 0.25) is 11.8 Å². The van der Waals surface area contributed by atoms with E-state index in [0.29, 0.717) is 26.2 Å². The Morgan fingerprint density at radius 3 is 2.20 bits per heavy atom. The van der Waals surface area contributed by atoms with Gasteiger partial charge in [-0.05, 0) is 70.4 Å². The van der Waals surface area contributed by atoms with Crippen LogP contribution in [0.25, 0.3) is 0 Å². The Balaban J connectivity index is 1.15. The summed E-state index contributed by atoms with van der Waals surface area (Å²) in [6, 6.07) is 3.49. The van der Waals surface area contributed by atoms with E-state index in [1.165, 1.54) is 12.1 Å². The maximum Gasteiger partial charge on any atom is 0.410 e. The van der Waals surface area contributed by atoms with Gasteiger partial charge in [0.1, 0.15) is 17.4 Å². The lowest BCUT2D eigenvalue weighted by atomic mass is 9.71. The first kappa shape index (κ1) is 28.6. The number of amides is 6. The Labute approximate surface area is 238 Å². The van der Waals surface area contributed by atoms with E-state index >= 15 is 0 Å². The molecule has 3 fully saturated rings. The van der Waals surface area contributed by atoms with E-state index in [4.69, 9.17) is 9.47 Å². The molecule has 4 aliphatic heterocycles. The number of rotatable bonds is 4. The van der Waals surface area contributed by atoms with Gasteiger partial charge in [0.25, 0.3) is 17.7 Å². The van der Waals surface area contributed by atoms with Crippen LogP contribution in [0.15, 0.2) is 18.2 Å². The summed E-state index contributed by atoms with van der Waals surface area (Å²) in [5, 5.41) is 2.17. The quantitative estimate of drug-likeness (QED) is 0.544. The number of fused-ring (bicyclic) bond motifs is 1. The minimum Gasteiger partial charge on any atom is -0.483 e. The highest BCUT2D eigenvalue weighted by Crippen LogP contribution is 2.41. The number of benzene rings is 1. The lowest BCUT2D eigenvalue weighted by molar-refractivity contribution is -0.137. The van der Waals surface area contributed by atoms with E-state index in [2.05, 4.69) is 5.32 Å². The van der Waals surface area contributed by atoms with Crippen molar-refractivity contribution in [2.45, 2.75) is 70.9 Å². The standard InChI is InChI=1S/C29H36N4O8/c1-28(2,3)41-27(39)32-15-11-29(12-16-32)9-13-31(14-10-29)22(35)17-40-20-6-4-5-18-23(20)26(38)33(25(18)37)19-7-8-21(34)30-24(19)36/h4-6,19H,7-17H2,1-3H3,(H,30,34,36). The number of piperidine rings is 3. The fourth-order valence-electron chi connectivity index (χ4n) is 6.06. The van der Waals surface area contributed by atoms with Crippen molar-refractivity contribution in [3.05, 3.63) is 29.3 Å². The van der Waals surface area contributed by atoms with Crippen LogP contribution in [-0.4, -0.2) is 94.8 Å². The van der Waals surface area contributed by atoms with Gasteiger partial charge in [-0.15, -0.1) is 0 Å². The lowest BCUT2D eigenvalue weighted by Crippen LogP contribution is -2.54. The molecule has 220 valence electrons. The van der Waals surface area contributed by atoms with Gasteiger partial charge < -0.3 is 19.3 Å². The molecule has 1 aromatic rings. The minimum absolute atomic E-state index is 0.0179. The number of hydrogen-bond acceptors (Lipinski definition) is 8. The molecule has 0 radical (unpaired) electrons. The van der Waals surface area contributed by atoms with Crippen LogP contribution in [-0.2, 0) is 19.1 Å². The molecule has 1 atom stereocenters. The molecule has 6 amide bonds. The molecule has 1 unspecified atom stereocenters. The number of carbonyl (C=O) groups excluding carboxylic acids is 6. The van der Waals surface area contributed by atoms with E-state index < -0.39 is 35.3 Å². The summed E-state index contributed by atoms with van der Waals surface area (Å²) >= 11 is 0. The molecular formula is C29H36N4O8. The topological polar surface area (TPSA) is 143 Å². The molecule has 1 N–H and O–H groups in total. The molecule has 12 nitrogen and oxygen atoms in total. The second-order valence-electron chi connectivity index (χ2n) is 12.3. The van der Waals surface area contributed by atoms with Crippen molar-refractivity contribution in [3.8, 4) is 5.75 Å². The molecule has 4 heterocycles. The first-order valence-electron chi connectivity index (χ1n) is 14.1. The highest BCUT2D eigenvalue weighted by molar-refractivity contribution is 6.24. The second kappa shape index (κ2) is 10.8. The van der Waals surface area contributed by atoms with E-state index in [-0.39, 0.29) is 53.7 Å². The zero-order valence-corrected chi connectivity index (χ0v) is 23.7. The molecule has 0 aromatic heterocycles. The molecule has 12 heteroatoms. The van der Waals surface area contributed by atoms with E-state index in [9.17, 15) is 28.8 Å². The predicted molar refractivity (Wildman–Crippen MR) is 144 cm³/mol. The third-order valence-corrected chi connectivity index (χ3v) is 8.43. The SMILES string of the molecule is CC(C)(C)OC(=O)N1CCC2(CCN(C(=O)COc3cccc4c3C(=O)N(C3CCC(=O)NC3=O)C4=O)CC2)CC1. The first-order chi connectivity index (χ1) is 19.4. The maximum absolute atomic E-state index is 13.2. The molecule has 0 bridgehead atoms. The van der Waals surface area contributed by atoms with Gasteiger partial charge in [0.05, 0.1) is 11.1 Å². The molecule has 0 saturated carbocycles. The van der Waals surface area contributed by atoms with E-state index in [0.717, 1.165) is 30.6 Å². The number of likely N-dealkylation sites (tertiary alicyclic amines) is 2. The van der Waals surface area contributed by atoms with E-state index in [1.807, 2.05) is 20.8 Å². The van der Waals surface area contributed by atoms with Crippen LogP contribution in [0.2, 0.25) is 0 Å². The Morgan fingerprint density at radius 2 is 1.59 bits per heavy atom. The van der Waals surface area contributed by atoms with E-state index in [1.54, 1.807) is 15.9 Å². The third-order valence-electron chi connectivity index (χ3n) is 8.43. The Bertz CT molecular complexity index is 1280. The van der Waals surface area contributed by atoms with Crippen LogP contribution < -0.4 is 10.1 Å². The predicted octanol–water partition coefficient (Wildman–Crippen LogP) is 2.11. The van der Waals surface area contributed by atoms with Crippen molar-refractivity contribution in [1.82, 2.24) is 20.0 Å². The summed E-state index contributed by atoms with van der Waals surface area (Å²) in [7, 11) is 0. The van der Waals surface area contributed by atoms with Crippen LogP contribution in [0.3, 0.4) is 0 Å². The van der Waals surface area contributed by atoms with Gasteiger partial charge in [-0.2, -0.15) is 0 Å². The summed E-state index contributed by atoms with van der Waals surface area (Å²) in [5.74, 6) is -2.56. The number of imide groups is 2. The molecular weight excluding hydrogens is 532 g/mol. The van der Waals surface area contributed by atoms with Crippen LogP contribution in [0, 0.1) is 5.41 Å². The second-order valence-corrected chi connectivity index (χ2v) is 12.3. The van der Waals surface area contributed by atoms with Crippen molar-refractivity contribution in [2.24, 2.45) is 5.41 Å². The highest BCUT2D eigenvalue weighted by atomic mass is 16.6. The summed E-state index contributed by atoms with van der Waals surface area (Å²) in [6.45, 7) is 7.67. The Hall–Kier alpha value is -3.96. The molecule has 41 heavy (non-hydrogen) atoms. The molecule has 5 rings (SSSR count). The number of carbonyl (C=O) groups is 6. The van der Waals surface area contributed by atoms with Crippen molar-refractivity contribution >= 4 is 35.6 Å². The highest BCUT2D eigenvalue weighted by Gasteiger charge is 2.46. The van der Waals surface area contributed by atoms with Crippen LogP contribution >= 0.6 is 0 Å². The molecule has 1 aromatic carbocycles. The molecule has 0 aliphatic carbocycles. The minimum atomic E-state index is -1.08. The smallest absolute Gasteiger partial charge is 0.410 e. The Kier molecular flexibility index (Phi) is 7.52. The number of nitrogens with zero attached hydrogens (tertiary/aromatic N) is 3. The Morgan fingerprint density at radius 1 is 0.951 bits per heavy atom. The number of ether oxygens (including phenoxy) is 2. The fraction of sp³-hybridized carbons (Fsp3) is 0.586. The van der Waals surface area contributed by atoms with Gasteiger partial charge >= 0.3 is 6.09 Å². The number of nitrogens with one attached hydrogen (secondary N) is 1. The van der Waals surface area contributed by atoms with Gasteiger partial charge in [-0.1, -0.05) is 6.07 Å². The normalized spacial score (nSPS) is 22.5. The maximum atomic E-state index is 13.2. The zero-order valence-electron chi connectivity index (χ0n) is 23.7. The van der Waals surface area contributed by atoms with Crippen LogP contribution in [0.5, 0.6) is 5.75 Å². The summed E-state index contributed by atoms with van der Waals surface area (Å²) in [6.07, 6.45) is 3.18. The first-order valence-corrected chi connectivity index (χ1v) is 14.1. The van der Waals surface area contributed by atoms with Crippen LogP contribution in [0.4, 0.5) is 4.79 Å². The average Bonchev–Trinajstić information content (AvgIpc) is 3.17. The largest absolute Gasteiger partial charge is 0.483 e. The third kappa shape index (κ3) is 5.77. The van der Waals surface area contributed by atoms with Gasteiger partial charge in [0.15, 0.2) is 6.61 Å². The molecule has 4 aliphatic rings. The van der Waals surface area contributed by atoms with Crippen molar-refractivity contribution in [2.75, 3.05) is 32.8 Å².